The predicted octanol–water partition coefficient (Wildman–Crippen LogP) is 2.71. The van der Waals surface area contributed by atoms with Crippen LogP contribution in [0.1, 0.15) is 42.5 Å². The quantitative estimate of drug-likeness (QED) is 0.900. The maximum absolute atomic E-state index is 10.9. The average Bonchev–Trinajstić information content (AvgIpc) is 3.29. The van der Waals surface area contributed by atoms with Gasteiger partial charge in [0.2, 0.25) is 11.8 Å². The van der Waals surface area contributed by atoms with Crippen molar-refractivity contribution in [3.63, 3.8) is 0 Å². The van der Waals surface area contributed by atoms with E-state index in [1.54, 1.807) is 0 Å². The lowest BCUT2D eigenvalue weighted by atomic mass is 9.84. The molecule has 1 N–H and O–H groups in total. The second-order valence-electron chi connectivity index (χ2n) is 6.91. The van der Waals surface area contributed by atoms with Crippen molar-refractivity contribution in [3.8, 4) is 0 Å². The molecular formula is C18H22ClN3O3. The van der Waals surface area contributed by atoms with E-state index >= 15 is 0 Å². The largest absolute Gasteiger partial charge is 0.423 e. The van der Waals surface area contributed by atoms with Gasteiger partial charge >= 0.3 is 0 Å². The molecule has 0 spiro atoms. The van der Waals surface area contributed by atoms with Crippen LogP contribution in [0.3, 0.4) is 0 Å². The van der Waals surface area contributed by atoms with E-state index in [1.165, 1.54) is 0 Å². The summed E-state index contributed by atoms with van der Waals surface area (Å²) in [6, 6.07) is 7.47. The van der Waals surface area contributed by atoms with Crippen molar-refractivity contribution in [2.75, 3.05) is 26.3 Å². The van der Waals surface area contributed by atoms with Crippen LogP contribution >= 0.6 is 11.6 Å². The highest BCUT2D eigenvalue weighted by atomic mass is 35.5. The van der Waals surface area contributed by atoms with Gasteiger partial charge in [0.15, 0.2) is 0 Å². The van der Waals surface area contributed by atoms with Crippen molar-refractivity contribution in [2.45, 2.75) is 37.3 Å². The lowest BCUT2D eigenvalue weighted by Crippen LogP contribution is -2.42. The van der Waals surface area contributed by atoms with Crippen LogP contribution in [0.4, 0.5) is 0 Å². The van der Waals surface area contributed by atoms with E-state index < -0.39 is 5.60 Å². The SMILES string of the molecule is OC1(c2ccc(Cl)cc2)CCN(Cc2nnc(C3CCOC3)o2)CC1. The van der Waals surface area contributed by atoms with E-state index in [-0.39, 0.29) is 5.92 Å². The zero-order valence-electron chi connectivity index (χ0n) is 14.0. The van der Waals surface area contributed by atoms with Gasteiger partial charge in [-0.05, 0) is 37.0 Å². The number of hydrogen-bond donors (Lipinski definition) is 1. The second kappa shape index (κ2) is 7.03. The van der Waals surface area contributed by atoms with Gasteiger partial charge in [0.1, 0.15) is 0 Å². The van der Waals surface area contributed by atoms with Crippen molar-refractivity contribution >= 4 is 11.6 Å². The Hall–Kier alpha value is -1.47. The van der Waals surface area contributed by atoms with Gasteiger partial charge in [0, 0.05) is 24.7 Å². The Balaban J connectivity index is 1.35. The van der Waals surface area contributed by atoms with Crippen molar-refractivity contribution < 1.29 is 14.3 Å². The van der Waals surface area contributed by atoms with Crippen molar-refractivity contribution in [2.24, 2.45) is 0 Å². The molecule has 2 saturated heterocycles. The van der Waals surface area contributed by atoms with Crippen molar-refractivity contribution in [1.29, 1.82) is 0 Å². The fourth-order valence-corrected chi connectivity index (χ4v) is 3.67. The molecule has 25 heavy (non-hydrogen) atoms. The zero-order valence-corrected chi connectivity index (χ0v) is 14.8. The van der Waals surface area contributed by atoms with Crippen LogP contribution in [-0.2, 0) is 16.9 Å². The summed E-state index contributed by atoms with van der Waals surface area (Å²) >= 11 is 5.94. The molecule has 0 radical (unpaired) electrons. The molecule has 0 saturated carbocycles. The number of ether oxygens (including phenoxy) is 1. The van der Waals surface area contributed by atoms with Gasteiger partial charge in [-0.3, -0.25) is 4.90 Å². The summed E-state index contributed by atoms with van der Waals surface area (Å²) in [6.45, 7) is 3.61. The Morgan fingerprint density at radius 1 is 1.20 bits per heavy atom. The molecule has 1 aromatic carbocycles. The molecule has 6 nitrogen and oxygen atoms in total. The summed E-state index contributed by atoms with van der Waals surface area (Å²) < 4.78 is 11.2. The molecule has 2 fully saturated rings. The molecule has 1 aromatic heterocycles. The highest BCUT2D eigenvalue weighted by Crippen LogP contribution is 2.34. The molecular weight excluding hydrogens is 342 g/mol. The van der Waals surface area contributed by atoms with E-state index in [4.69, 9.17) is 20.8 Å². The van der Waals surface area contributed by atoms with Gasteiger partial charge < -0.3 is 14.3 Å². The summed E-state index contributed by atoms with van der Waals surface area (Å²) in [5.74, 6) is 1.55. The fraction of sp³-hybridized carbons (Fsp3) is 0.556. The van der Waals surface area contributed by atoms with E-state index in [1.807, 2.05) is 24.3 Å². The highest BCUT2D eigenvalue weighted by molar-refractivity contribution is 6.30. The first kappa shape index (κ1) is 17.0. The summed E-state index contributed by atoms with van der Waals surface area (Å²) in [5, 5.41) is 19.9. The molecule has 3 heterocycles. The standard InChI is InChI=1S/C18H22ClN3O3/c19-15-3-1-14(2-4-15)18(23)6-8-22(9-7-18)11-16-20-21-17(25-16)13-5-10-24-12-13/h1-4,13,23H,5-12H2. The van der Waals surface area contributed by atoms with Crippen LogP contribution in [0.25, 0.3) is 0 Å². The minimum absolute atomic E-state index is 0.234. The maximum Gasteiger partial charge on any atom is 0.230 e. The summed E-state index contributed by atoms with van der Waals surface area (Å²) in [6.07, 6.45) is 2.29. The van der Waals surface area contributed by atoms with Gasteiger partial charge in [-0.2, -0.15) is 0 Å². The number of hydrogen-bond acceptors (Lipinski definition) is 6. The van der Waals surface area contributed by atoms with Crippen LogP contribution in [0, 0.1) is 0 Å². The molecule has 1 unspecified atom stereocenters. The minimum atomic E-state index is -0.789. The second-order valence-corrected chi connectivity index (χ2v) is 7.35. The first-order chi connectivity index (χ1) is 12.1. The summed E-state index contributed by atoms with van der Waals surface area (Å²) in [5.41, 5.74) is 0.139. The van der Waals surface area contributed by atoms with Gasteiger partial charge in [-0.25, -0.2) is 0 Å². The van der Waals surface area contributed by atoms with E-state index in [0.717, 1.165) is 31.7 Å². The molecule has 2 aliphatic heterocycles. The molecule has 4 rings (SSSR count). The molecule has 1 atom stereocenters. The van der Waals surface area contributed by atoms with Crippen LogP contribution in [-0.4, -0.2) is 46.5 Å². The molecule has 2 aromatic rings. The Morgan fingerprint density at radius 3 is 2.64 bits per heavy atom. The number of nitrogens with zero attached hydrogens (tertiary/aromatic N) is 3. The Bertz CT molecular complexity index is 705. The van der Waals surface area contributed by atoms with Crippen LogP contribution in [0.15, 0.2) is 28.7 Å². The van der Waals surface area contributed by atoms with Crippen LogP contribution < -0.4 is 0 Å². The molecule has 0 amide bonds. The fourth-order valence-electron chi connectivity index (χ4n) is 3.55. The molecule has 2 aliphatic rings. The van der Waals surface area contributed by atoms with Crippen molar-refractivity contribution in [1.82, 2.24) is 15.1 Å². The van der Waals surface area contributed by atoms with E-state index in [0.29, 0.717) is 42.8 Å². The molecule has 7 heteroatoms. The lowest BCUT2D eigenvalue weighted by Gasteiger charge is -2.38. The first-order valence-corrected chi connectivity index (χ1v) is 9.11. The predicted molar refractivity (Wildman–Crippen MR) is 92.3 cm³/mol. The summed E-state index contributed by atoms with van der Waals surface area (Å²) in [4.78, 5) is 2.24. The molecule has 0 bridgehead atoms. The summed E-state index contributed by atoms with van der Waals surface area (Å²) in [7, 11) is 0. The van der Waals surface area contributed by atoms with Gasteiger partial charge in [0.05, 0.1) is 24.7 Å². The third kappa shape index (κ3) is 3.72. The smallest absolute Gasteiger partial charge is 0.230 e. The third-order valence-electron chi connectivity index (χ3n) is 5.19. The number of halogens is 1. The van der Waals surface area contributed by atoms with Crippen molar-refractivity contribution in [3.05, 3.63) is 46.6 Å². The van der Waals surface area contributed by atoms with E-state index in [9.17, 15) is 5.11 Å². The van der Waals surface area contributed by atoms with Crippen LogP contribution in [0.2, 0.25) is 5.02 Å². The first-order valence-electron chi connectivity index (χ1n) is 8.73. The Kier molecular flexibility index (Phi) is 4.78. The maximum atomic E-state index is 10.9. The number of piperidine rings is 1. The minimum Gasteiger partial charge on any atom is -0.423 e. The van der Waals surface area contributed by atoms with Gasteiger partial charge in [0.25, 0.3) is 0 Å². The number of aromatic nitrogens is 2. The average molecular weight is 364 g/mol. The zero-order chi connectivity index (χ0) is 17.3. The molecule has 134 valence electrons. The Labute approximate surface area is 151 Å². The third-order valence-corrected chi connectivity index (χ3v) is 5.44. The monoisotopic (exact) mass is 363 g/mol. The highest BCUT2D eigenvalue weighted by Gasteiger charge is 2.34. The number of rotatable bonds is 4. The van der Waals surface area contributed by atoms with Gasteiger partial charge in [-0.15, -0.1) is 10.2 Å². The Morgan fingerprint density at radius 2 is 1.96 bits per heavy atom. The number of aliphatic hydroxyl groups is 1. The topological polar surface area (TPSA) is 71.6 Å². The van der Waals surface area contributed by atoms with Gasteiger partial charge in [-0.1, -0.05) is 23.7 Å². The molecule has 0 aliphatic carbocycles. The lowest BCUT2D eigenvalue weighted by molar-refractivity contribution is -0.0293. The normalized spacial score (nSPS) is 23.8. The number of benzene rings is 1. The number of likely N-dealkylation sites (tertiary alicyclic amines) is 1. The van der Waals surface area contributed by atoms with Crippen LogP contribution in [0.5, 0.6) is 0 Å². The van der Waals surface area contributed by atoms with E-state index in [2.05, 4.69) is 15.1 Å².